The molecule has 0 unspecified atom stereocenters. The van der Waals surface area contributed by atoms with E-state index >= 15 is 0 Å². The number of carbonyl (C=O) groups is 1. The van der Waals surface area contributed by atoms with Crippen molar-refractivity contribution in [3.05, 3.63) is 10.5 Å². The van der Waals surface area contributed by atoms with Crippen molar-refractivity contribution >= 4 is 20.1 Å². The maximum Gasteiger partial charge on any atom is 0.317 e. The number of esters is 1. The molecule has 2 nitrogen and oxygen atoms in total. The molecule has 0 heterocycles. The molecule has 0 spiro atoms. The second kappa shape index (κ2) is 8.78. The first-order valence-corrected chi connectivity index (χ1v) is 8.96. The Morgan fingerprint density at radius 3 is 1.94 bits per heavy atom. The normalized spacial score (nSPS) is 12.1. The van der Waals surface area contributed by atoms with E-state index in [2.05, 4.69) is 27.7 Å². The van der Waals surface area contributed by atoms with Gasteiger partial charge in [0.25, 0.3) is 0 Å². The second-order valence-corrected chi connectivity index (χ2v) is 8.38. The summed E-state index contributed by atoms with van der Waals surface area (Å²) >= 11 is -1.17. The Hall–Kier alpha value is -0.258. The van der Waals surface area contributed by atoms with Crippen LogP contribution in [0.2, 0.25) is 10.6 Å². The van der Waals surface area contributed by atoms with Gasteiger partial charge in [0, 0.05) is 0 Å². The van der Waals surface area contributed by atoms with Crippen LogP contribution < -0.4 is 0 Å². The lowest BCUT2D eigenvalue weighted by Crippen LogP contribution is -2.27. The van der Waals surface area contributed by atoms with Crippen LogP contribution in [0.3, 0.4) is 0 Å². The molecule has 0 amide bonds. The van der Waals surface area contributed by atoms with Crippen LogP contribution in [0.5, 0.6) is 0 Å². The van der Waals surface area contributed by atoms with Gasteiger partial charge in [0.05, 0.1) is 6.61 Å². The van der Waals surface area contributed by atoms with Crippen molar-refractivity contribution in [1.82, 2.24) is 0 Å². The predicted molar refractivity (Wildman–Crippen MR) is 75.4 cm³/mol. The Kier molecular flexibility index (Phi) is 8.65. The van der Waals surface area contributed by atoms with Crippen molar-refractivity contribution in [2.45, 2.75) is 52.1 Å². The third-order valence-electron chi connectivity index (χ3n) is 2.77. The van der Waals surface area contributed by atoms with Crippen molar-refractivity contribution < 1.29 is 9.53 Å². The Morgan fingerprint density at radius 2 is 1.65 bits per heavy atom. The minimum atomic E-state index is -1.17. The molecule has 0 aliphatic carbocycles. The van der Waals surface area contributed by atoms with E-state index in [9.17, 15) is 4.79 Å². The average Bonchev–Trinajstić information content (AvgIpc) is 2.16. The van der Waals surface area contributed by atoms with Crippen LogP contribution in [0.1, 0.15) is 41.5 Å². The van der Waals surface area contributed by atoms with E-state index < -0.39 is 14.1 Å². The smallest absolute Gasteiger partial charge is 0.317 e. The van der Waals surface area contributed by atoms with Gasteiger partial charge in [-0.1, -0.05) is 56.2 Å². The van der Waals surface area contributed by atoms with Crippen molar-refractivity contribution in [3.63, 3.8) is 0 Å². The molecule has 3 heteroatoms. The monoisotopic (exact) mass is 254 g/mol. The van der Waals surface area contributed by atoms with Gasteiger partial charge in [0.1, 0.15) is 0 Å². The van der Waals surface area contributed by atoms with Gasteiger partial charge < -0.3 is 4.74 Å². The summed E-state index contributed by atoms with van der Waals surface area (Å²) in [7, 11) is 0. The van der Waals surface area contributed by atoms with Crippen LogP contribution in [-0.2, 0) is 9.53 Å². The van der Waals surface area contributed by atoms with E-state index in [0.29, 0.717) is 18.4 Å². The molecular weight excluding hydrogens is 227 g/mol. The third-order valence-corrected chi connectivity index (χ3v) is 7.25. The Morgan fingerprint density at radius 1 is 1.18 bits per heavy atom. The fraction of sp³-hybridized carbons (Fsp3) is 0.786. The fourth-order valence-corrected chi connectivity index (χ4v) is 6.09. The molecule has 0 fully saturated rings. The van der Waals surface area contributed by atoms with Gasteiger partial charge in [-0.25, -0.2) is 4.79 Å². The van der Waals surface area contributed by atoms with Gasteiger partial charge in [-0.05, 0) is 18.3 Å². The summed E-state index contributed by atoms with van der Waals surface area (Å²) in [4.78, 5) is 11.9. The summed E-state index contributed by atoms with van der Waals surface area (Å²) in [5, 5.41) is 2.38. The van der Waals surface area contributed by atoms with Crippen LogP contribution in [-0.4, -0.2) is 26.7 Å². The van der Waals surface area contributed by atoms with Crippen LogP contribution in [0.4, 0.5) is 0 Å². The van der Waals surface area contributed by atoms with Gasteiger partial charge in [-0.2, -0.15) is 0 Å². The molecule has 0 aromatic carbocycles. The molecule has 0 aliphatic rings. The summed E-state index contributed by atoms with van der Waals surface area (Å²) in [6.07, 6.45) is 1.99. The minimum absolute atomic E-state index is 0.0760. The quantitative estimate of drug-likeness (QED) is 0.392. The zero-order valence-electron chi connectivity index (χ0n) is 12.2. The Bertz CT molecular complexity index is 247. The highest BCUT2D eigenvalue weighted by atomic mass is 27.2. The number of rotatable bonds is 7. The number of allylic oxidation sites excluding steroid dienone is 1. The zero-order valence-corrected chi connectivity index (χ0v) is 13.4. The van der Waals surface area contributed by atoms with Gasteiger partial charge in [0.15, 0.2) is 0 Å². The Balaban J connectivity index is 4.78. The van der Waals surface area contributed by atoms with E-state index in [-0.39, 0.29) is 5.97 Å². The molecule has 0 atom stereocenters. The van der Waals surface area contributed by atoms with Crippen LogP contribution in [0, 0.1) is 11.8 Å². The molecule has 98 valence electrons. The maximum absolute atomic E-state index is 11.9. The first-order chi connectivity index (χ1) is 7.92. The van der Waals surface area contributed by atoms with Crippen molar-refractivity contribution in [2.24, 2.45) is 11.8 Å². The standard InChI is InChI=1S/C6H9O2.2C4H9.Al/c1-3-5-6(7)8-4-2;2*1-4(2)3;/h3H,4H2,1-2H3;2*4H,1H2,2-3H3;. The van der Waals surface area contributed by atoms with Gasteiger partial charge in [0.2, 0.25) is 0 Å². The summed E-state index contributed by atoms with van der Waals surface area (Å²) in [5.41, 5.74) is 0. The maximum atomic E-state index is 11.9. The molecule has 0 saturated carbocycles. The second-order valence-electron chi connectivity index (χ2n) is 5.42. The van der Waals surface area contributed by atoms with Crippen molar-refractivity contribution in [3.8, 4) is 0 Å². The lowest BCUT2D eigenvalue weighted by molar-refractivity contribution is -0.137. The minimum Gasteiger partial charge on any atom is -0.464 e. The molecule has 0 N–H and O–H groups in total. The highest BCUT2D eigenvalue weighted by Crippen LogP contribution is 2.21. The molecule has 0 aromatic heterocycles. The lowest BCUT2D eigenvalue weighted by Gasteiger charge is -2.18. The molecule has 0 saturated heterocycles. The first-order valence-electron chi connectivity index (χ1n) is 6.75. The summed E-state index contributed by atoms with van der Waals surface area (Å²) in [6.45, 7) is 13.2. The van der Waals surface area contributed by atoms with Gasteiger partial charge in [-0.3, -0.25) is 0 Å². The van der Waals surface area contributed by atoms with E-state index in [1.807, 2.05) is 19.9 Å². The molecule has 0 bridgehead atoms. The highest BCUT2D eigenvalue weighted by Gasteiger charge is 2.29. The molecule has 0 aliphatic heterocycles. The lowest BCUT2D eigenvalue weighted by atomic mass is 10.3. The Labute approximate surface area is 111 Å². The third kappa shape index (κ3) is 6.91. The SMILES string of the molecule is C/C=[C](\C(=O)OCC)[Al]([CH2]C(C)C)[CH2]C(C)C. The summed E-state index contributed by atoms with van der Waals surface area (Å²) < 4.78 is 6.16. The number of carbonyl (C=O) groups excluding carboxylic acids is 1. The van der Waals surface area contributed by atoms with Crippen molar-refractivity contribution in [2.75, 3.05) is 6.61 Å². The number of hydrogen-bond acceptors (Lipinski definition) is 2. The molecule has 0 rings (SSSR count). The van der Waals surface area contributed by atoms with Crippen LogP contribution in [0.15, 0.2) is 10.5 Å². The van der Waals surface area contributed by atoms with E-state index in [1.165, 1.54) is 10.6 Å². The fourth-order valence-electron chi connectivity index (χ4n) is 2.22. The van der Waals surface area contributed by atoms with Crippen LogP contribution in [0.25, 0.3) is 0 Å². The van der Waals surface area contributed by atoms with Crippen LogP contribution >= 0.6 is 0 Å². The summed E-state index contributed by atoms with van der Waals surface area (Å²) in [6, 6.07) is 0. The molecule has 0 aromatic rings. The van der Waals surface area contributed by atoms with E-state index in [1.54, 1.807) is 0 Å². The molecule has 0 radical (unpaired) electrons. The van der Waals surface area contributed by atoms with E-state index in [4.69, 9.17) is 4.74 Å². The molecular formula is C14H27AlO2. The van der Waals surface area contributed by atoms with E-state index in [0.717, 1.165) is 4.44 Å². The number of hydrogen-bond donors (Lipinski definition) is 0. The molecule has 17 heavy (non-hydrogen) atoms. The number of ether oxygens (including phenoxy) is 1. The average molecular weight is 254 g/mol. The zero-order chi connectivity index (χ0) is 13.4. The van der Waals surface area contributed by atoms with Crippen molar-refractivity contribution in [1.29, 1.82) is 0 Å². The van der Waals surface area contributed by atoms with Gasteiger partial charge >= 0.3 is 20.1 Å². The largest absolute Gasteiger partial charge is 0.464 e. The van der Waals surface area contributed by atoms with Gasteiger partial charge in [-0.15, -0.1) is 0 Å². The predicted octanol–water partition coefficient (Wildman–Crippen LogP) is 3.84. The topological polar surface area (TPSA) is 26.3 Å². The highest BCUT2D eigenvalue weighted by molar-refractivity contribution is 6.72. The summed E-state index contributed by atoms with van der Waals surface area (Å²) in [5.74, 6) is 1.25. The first kappa shape index (κ1) is 16.7.